The standard InChI is InChI=1S/C8H16N2O5/c1-5(6(9)14)7(15)10-8(2-11,3-12)4-13/h5,11-13H,2-4H2,1H3,(H2,9,14)(H,10,15). The number of hydrogen-bond acceptors (Lipinski definition) is 5. The Morgan fingerprint density at radius 3 is 1.93 bits per heavy atom. The second kappa shape index (κ2) is 5.64. The van der Waals surface area contributed by atoms with Gasteiger partial charge in [-0.15, -0.1) is 0 Å². The van der Waals surface area contributed by atoms with E-state index in [1.54, 1.807) is 0 Å². The minimum Gasteiger partial charge on any atom is -0.394 e. The molecule has 2 amide bonds. The van der Waals surface area contributed by atoms with Crippen LogP contribution in [0, 0.1) is 5.92 Å². The van der Waals surface area contributed by atoms with Gasteiger partial charge >= 0.3 is 0 Å². The largest absolute Gasteiger partial charge is 0.394 e. The predicted octanol–water partition coefficient (Wildman–Crippen LogP) is -3.06. The maximum atomic E-state index is 11.3. The van der Waals surface area contributed by atoms with Crippen molar-refractivity contribution in [1.82, 2.24) is 5.32 Å². The minimum absolute atomic E-state index is 0.642. The van der Waals surface area contributed by atoms with E-state index in [-0.39, 0.29) is 0 Å². The van der Waals surface area contributed by atoms with Crippen LogP contribution in [0.15, 0.2) is 0 Å². The van der Waals surface area contributed by atoms with Gasteiger partial charge in [-0.2, -0.15) is 0 Å². The van der Waals surface area contributed by atoms with Crippen molar-refractivity contribution in [3.63, 3.8) is 0 Å². The summed E-state index contributed by atoms with van der Waals surface area (Å²) >= 11 is 0. The van der Waals surface area contributed by atoms with E-state index >= 15 is 0 Å². The van der Waals surface area contributed by atoms with Crippen molar-refractivity contribution in [3.8, 4) is 0 Å². The highest BCUT2D eigenvalue weighted by molar-refractivity contribution is 5.99. The van der Waals surface area contributed by atoms with Gasteiger partial charge in [-0.1, -0.05) is 0 Å². The molecule has 0 rings (SSSR count). The Morgan fingerprint density at radius 2 is 1.67 bits per heavy atom. The molecule has 0 bridgehead atoms. The molecule has 0 saturated heterocycles. The van der Waals surface area contributed by atoms with Gasteiger partial charge in [0, 0.05) is 0 Å². The summed E-state index contributed by atoms with van der Waals surface area (Å²) in [5.41, 5.74) is 3.37. The average Bonchev–Trinajstić information content (AvgIpc) is 2.24. The first kappa shape index (κ1) is 13.8. The Bertz CT molecular complexity index is 231. The fourth-order valence-electron chi connectivity index (χ4n) is 0.767. The third-order valence-corrected chi connectivity index (χ3v) is 2.12. The van der Waals surface area contributed by atoms with Crippen molar-refractivity contribution < 1.29 is 24.9 Å². The van der Waals surface area contributed by atoms with Crippen LogP contribution in [0.4, 0.5) is 0 Å². The highest BCUT2D eigenvalue weighted by Crippen LogP contribution is 2.04. The van der Waals surface area contributed by atoms with Crippen LogP contribution in [0.1, 0.15) is 6.92 Å². The second-order valence-corrected chi connectivity index (χ2v) is 3.37. The zero-order valence-electron chi connectivity index (χ0n) is 8.43. The van der Waals surface area contributed by atoms with Crippen LogP contribution in [-0.2, 0) is 9.59 Å². The summed E-state index contributed by atoms with van der Waals surface area (Å²) in [5.74, 6) is -2.66. The van der Waals surface area contributed by atoms with Crippen molar-refractivity contribution in [2.45, 2.75) is 12.5 Å². The molecule has 6 N–H and O–H groups in total. The maximum absolute atomic E-state index is 11.3. The number of carbonyl (C=O) groups is 2. The second-order valence-electron chi connectivity index (χ2n) is 3.37. The Morgan fingerprint density at radius 1 is 1.27 bits per heavy atom. The van der Waals surface area contributed by atoms with Gasteiger partial charge in [-0.25, -0.2) is 0 Å². The van der Waals surface area contributed by atoms with Gasteiger partial charge in [0.15, 0.2) is 0 Å². The van der Waals surface area contributed by atoms with Crippen LogP contribution < -0.4 is 11.1 Å². The number of aliphatic hydroxyl groups excluding tert-OH is 3. The average molecular weight is 220 g/mol. The molecule has 0 aliphatic heterocycles. The molecule has 7 heteroatoms. The number of hydrogen-bond donors (Lipinski definition) is 5. The molecule has 1 atom stereocenters. The summed E-state index contributed by atoms with van der Waals surface area (Å²) in [7, 11) is 0. The van der Waals surface area contributed by atoms with E-state index in [1.807, 2.05) is 0 Å². The topological polar surface area (TPSA) is 133 Å². The van der Waals surface area contributed by atoms with Crippen molar-refractivity contribution in [3.05, 3.63) is 0 Å². The van der Waals surface area contributed by atoms with Gasteiger partial charge in [-0.05, 0) is 6.92 Å². The van der Waals surface area contributed by atoms with Gasteiger partial charge in [-0.3, -0.25) is 9.59 Å². The zero-order valence-corrected chi connectivity index (χ0v) is 8.43. The molecule has 88 valence electrons. The van der Waals surface area contributed by atoms with E-state index in [1.165, 1.54) is 6.92 Å². The summed E-state index contributed by atoms with van der Waals surface area (Å²) in [6.07, 6.45) is 0. The smallest absolute Gasteiger partial charge is 0.232 e. The summed E-state index contributed by atoms with van der Waals surface area (Å²) in [4.78, 5) is 22.0. The van der Waals surface area contributed by atoms with E-state index < -0.39 is 43.1 Å². The van der Waals surface area contributed by atoms with Crippen molar-refractivity contribution in [1.29, 1.82) is 0 Å². The zero-order chi connectivity index (χ0) is 12.1. The highest BCUT2D eigenvalue weighted by atomic mass is 16.3. The van der Waals surface area contributed by atoms with E-state index in [4.69, 9.17) is 21.1 Å². The first-order chi connectivity index (χ1) is 6.92. The quantitative estimate of drug-likeness (QED) is 0.303. The molecular formula is C8H16N2O5. The molecule has 0 spiro atoms. The molecule has 0 radical (unpaired) electrons. The van der Waals surface area contributed by atoms with Crippen LogP contribution in [0.5, 0.6) is 0 Å². The number of aliphatic hydroxyl groups is 3. The van der Waals surface area contributed by atoms with E-state index in [0.29, 0.717) is 0 Å². The SMILES string of the molecule is CC(C(N)=O)C(=O)NC(CO)(CO)CO. The number of primary amides is 1. The van der Waals surface area contributed by atoms with Crippen molar-refractivity contribution in [2.75, 3.05) is 19.8 Å². The van der Waals surface area contributed by atoms with Gasteiger partial charge in [0.2, 0.25) is 11.8 Å². The van der Waals surface area contributed by atoms with E-state index in [2.05, 4.69) is 5.32 Å². The lowest BCUT2D eigenvalue weighted by atomic mass is 10.0. The third kappa shape index (κ3) is 3.46. The molecule has 0 heterocycles. The molecule has 0 aromatic carbocycles. The van der Waals surface area contributed by atoms with E-state index in [9.17, 15) is 9.59 Å². The molecule has 0 saturated carbocycles. The molecule has 0 fully saturated rings. The van der Waals surface area contributed by atoms with Crippen LogP contribution >= 0.6 is 0 Å². The highest BCUT2D eigenvalue weighted by Gasteiger charge is 2.32. The lowest BCUT2D eigenvalue weighted by Gasteiger charge is -2.29. The van der Waals surface area contributed by atoms with Crippen LogP contribution in [0.25, 0.3) is 0 Å². The third-order valence-electron chi connectivity index (χ3n) is 2.12. The number of rotatable bonds is 6. The summed E-state index contributed by atoms with van der Waals surface area (Å²) in [6, 6.07) is 0. The monoisotopic (exact) mass is 220 g/mol. The van der Waals surface area contributed by atoms with E-state index in [0.717, 1.165) is 0 Å². The lowest BCUT2D eigenvalue weighted by Crippen LogP contribution is -2.59. The number of nitrogens with one attached hydrogen (secondary N) is 1. The van der Waals surface area contributed by atoms with Gasteiger partial charge in [0.1, 0.15) is 11.5 Å². The van der Waals surface area contributed by atoms with Gasteiger partial charge < -0.3 is 26.4 Å². The fourth-order valence-corrected chi connectivity index (χ4v) is 0.767. The van der Waals surface area contributed by atoms with Crippen LogP contribution in [-0.4, -0.2) is 52.5 Å². The van der Waals surface area contributed by atoms with Crippen molar-refractivity contribution >= 4 is 11.8 Å². The summed E-state index contributed by atoms with van der Waals surface area (Å²) in [6.45, 7) is -0.639. The molecule has 7 nitrogen and oxygen atoms in total. The predicted molar refractivity (Wildman–Crippen MR) is 50.5 cm³/mol. The minimum atomic E-state index is -1.53. The Kier molecular flexibility index (Phi) is 5.20. The van der Waals surface area contributed by atoms with Gasteiger partial charge in [0.25, 0.3) is 0 Å². The summed E-state index contributed by atoms with van der Waals surface area (Å²) in [5, 5.41) is 28.9. The Balaban J connectivity index is 4.55. The van der Waals surface area contributed by atoms with Crippen LogP contribution in [0.3, 0.4) is 0 Å². The molecule has 15 heavy (non-hydrogen) atoms. The normalized spacial score (nSPS) is 13.3. The molecular weight excluding hydrogens is 204 g/mol. The molecule has 0 aromatic heterocycles. The fraction of sp³-hybridized carbons (Fsp3) is 0.750. The summed E-state index contributed by atoms with van der Waals surface area (Å²) < 4.78 is 0. The first-order valence-corrected chi connectivity index (χ1v) is 4.36. The number of nitrogens with two attached hydrogens (primary N) is 1. The Hall–Kier alpha value is -1.18. The van der Waals surface area contributed by atoms with Crippen molar-refractivity contribution in [2.24, 2.45) is 11.7 Å². The number of amides is 2. The number of carbonyl (C=O) groups excluding carboxylic acids is 2. The Labute approximate surface area is 86.9 Å². The maximum Gasteiger partial charge on any atom is 0.232 e. The first-order valence-electron chi connectivity index (χ1n) is 4.36. The molecule has 0 aromatic rings. The molecule has 1 unspecified atom stereocenters. The lowest BCUT2D eigenvalue weighted by molar-refractivity contribution is -0.135. The van der Waals surface area contributed by atoms with Crippen LogP contribution in [0.2, 0.25) is 0 Å². The van der Waals surface area contributed by atoms with Gasteiger partial charge in [0.05, 0.1) is 19.8 Å². The molecule has 0 aliphatic carbocycles. The molecule has 0 aliphatic rings.